The van der Waals surface area contributed by atoms with Crippen LogP contribution in [0.4, 0.5) is 0 Å². The van der Waals surface area contributed by atoms with Crippen molar-refractivity contribution in [3.05, 3.63) is 29.8 Å². The van der Waals surface area contributed by atoms with Gasteiger partial charge in [-0.05, 0) is 36.6 Å². The first kappa shape index (κ1) is 13.9. The number of carbonyl (C=O) groups excluding carboxylic acids is 1. The molecule has 0 saturated carbocycles. The molecule has 0 aromatic heterocycles. The van der Waals surface area contributed by atoms with E-state index in [4.69, 9.17) is 9.47 Å². The molecule has 0 radical (unpaired) electrons. The van der Waals surface area contributed by atoms with Gasteiger partial charge in [0.15, 0.2) is 0 Å². The number of esters is 1. The molecule has 19 heavy (non-hydrogen) atoms. The van der Waals surface area contributed by atoms with Crippen molar-refractivity contribution in [1.29, 1.82) is 0 Å². The van der Waals surface area contributed by atoms with Crippen LogP contribution in [-0.4, -0.2) is 26.2 Å². The summed E-state index contributed by atoms with van der Waals surface area (Å²) >= 11 is 0. The molecule has 0 aliphatic carbocycles. The highest BCUT2D eigenvalue weighted by Crippen LogP contribution is 2.35. The molecule has 1 aromatic rings. The third kappa shape index (κ3) is 2.59. The lowest BCUT2D eigenvalue weighted by Gasteiger charge is -2.39. The van der Waals surface area contributed by atoms with E-state index in [9.17, 15) is 4.79 Å². The quantitative estimate of drug-likeness (QED) is 0.845. The molecule has 1 saturated heterocycles. The summed E-state index contributed by atoms with van der Waals surface area (Å²) in [5, 5.41) is 3.32. The van der Waals surface area contributed by atoms with E-state index in [-0.39, 0.29) is 5.97 Å². The average Bonchev–Trinajstić information content (AvgIpc) is 2.43. The van der Waals surface area contributed by atoms with Gasteiger partial charge in [-0.25, -0.2) is 4.79 Å². The number of benzene rings is 1. The molecule has 1 aliphatic heterocycles. The fourth-order valence-corrected chi connectivity index (χ4v) is 2.68. The molecule has 4 heteroatoms. The van der Waals surface area contributed by atoms with Crippen molar-refractivity contribution in [2.75, 3.05) is 20.3 Å². The largest absolute Gasteiger partial charge is 0.497 e. The Bertz CT molecular complexity index is 460. The minimum atomic E-state index is -0.749. The van der Waals surface area contributed by atoms with Crippen LogP contribution in [0.25, 0.3) is 0 Å². The maximum atomic E-state index is 12.3. The average molecular weight is 263 g/mol. The van der Waals surface area contributed by atoms with Crippen molar-refractivity contribution in [2.24, 2.45) is 5.92 Å². The van der Waals surface area contributed by atoms with Crippen molar-refractivity contribution in [1.82, 2.24) is 5.32 Å². The number of nitrogens with one attached hydrogen (secondary N) is 1. The summed E-state index contributed by atoms with van der Waals surface area (Å²) in [6, 6.07) is 7.63. The normalized spacial score (nSPS) is 26.9. The Morgan fingerprint density at radius 2 is 2.32 bits per heavy atom. The minimum Gasteiger partial charge on any atom is -0.497 e. The van der Waals surface area contributed by atoms with E-state index in [2.05, 4.69) is 12.2 Å². The Morgan fingerprint density at radius 3 is 3.00 bits per heavy atom. The van der Waals surface area contributed by atoms with Crippen molar-refractivity contribution in [3.8, 4) is 5.75 Å². The van der Waals surface area contributed by atoms with E-state index in [1.807, 2.05) is 31.2 Å². The van der Waals surface area contributed by atoms with Crippen molar-refractivity contribution in [2.45, 2.75) is 25.8 Å². The molecule has 2 rings (SSSR count). The van der Waals surface area contributed by atoms with E-state index in [1.54, 1.807) is 7.11 Å². The number of methoxy groups -OCH3 is 1. The number of cyclic esters (lactones) is 1. The number of ether oxygens (including phenoxy) is 2. The number of hydrogen-bond acceptors (Lipinski definition) is 4. The van der Waals surface area contributed by atoms with Crippen LogP contribution in [0.3, 0.4) is 0 Å². The molecule has 1 aromatic carbocycles. The molecule has 0 bridgehead atoms. The van der Waals surface area contributed by atoms with Gasteiger partial charge in [-0.3, -0.25) is 5.32 Å². The Hall–Kier alpha value is -1.55. The molecule has 1 fully saturated rings. The van der Waals surface area contributed by atoms with Gasteiger partial charge < -0.3 is 9.47 Å². The highest BCUT2D eigenvalue weighted by molar-refractivity contribution is 5.83. The molecule has 2 atom stereocenters. The van der Waals surface area contributed by atoms with E-state index in [1.165, 1.54) is 0 Å². The summed E-state index contributed by atoms with van der Waals surface area (Å²) in [5.74, 6) is 0.893. The van der Waals surface area contributed by atoms with Gasteiger partial charge in [0.25, 0.3) is 0 Å². The van der Waals surface area contributed by atoms with Gasteiger partial charge in [-0.15, -0.1) is 0 Å². The maximum absolute atomic E-state index is 12.3. The SMILES string of the molecule is CCN[C@@]1(c2cccc(OC)c2)C[C@H](C)COC1=O. The highest BCUT2D eigenvalue weighted by Gasteiger charge is 2.45. The number of rotatable bonds is 4. The third-order valence-electron chi connectivity index (χ3n) is 3.54. The summed E-state index contributed by atoms with van der Waals surface area (Å²) in [6.07, 6.45) is 0.743. The van der Waals surface area contributed by atoms with Crippen LogP contribution in [0.5, 0.6) is 5.75 Å². The smallest absolute Gasteiger partial charge is 0.331 e. The van der Waals surface area contributed by atoms with Crippen molar-refractivity contribution < 1.29 is 14.3 Å². The summed E-state index contributed by atoms with van der Waals surface area (Å²) < 4.78 is 10.6. The van der Waals surface area contributed by atoms with Gasteiger partial charge in [0, 0.05) is 0 Å². The standard InChI is InChI=1S/C15H21NO3/c1-4-16-15(9-11(2)10-19-14(15)17)12-6-5-7-13(8-12)18-3/h5-8,11,16H,4,9-10H2,1-3H3/t11-,15+/m0/s1. The molecule has 1 aliphatic rings. The van der Waals surface area contributed by atoms with E-state index in [0.29, 0.717) is 19.1 Å². The first-order valence-electron chi connectivity index (χ1n) is 6.69. The second-order valence-electron chi connectivity index (χ2n) is 5.08. The van der Waals surface area contributed by atoms with Crippen LogP contribution in [0.15, 0.2) is 24.3 Å². The Kier molecular flexibility index (Phi) is 4.10. The second kappa shape index (κ2) is 5.61. The minimum absolute atomic E-state index is 0.194. The van der Waals surface area contributed by atoms with Crippen LogP contribution in [-0.2, 0) is 15.1 Å². The summed E-state index contributed by atoms with van der Waals surface area (Å²) in [4.78, 5) is 12.3. The third-order valence-corrected chi connectivity index (χ3v) is 3.54. The Morgan fingerprint density at radius 1 is 1.53 bits per heavy atom. The van der Waals surface area contributed by atoms with E-state index < -0.39 is 5.54 Å². The molecule has 0 spiro atoms. The fraction of sp³-hybridized carbons (Fsp3) is 0.533. The number of likely N-dealkylation sites (N-methyl/N-ethyl adjacent to an activating group) is 1. The maximum Gasteiger partial charge on any atom is 0.331 e. The van der Waals surface area contributed by atoms with Crippen molar-refractivity contribution >= 4 is 5.97 Å². The lowest BCUT2D eigenvalue weighted by atomic mass is 9.80. The summed E-state index contributed by atoms with van der Waals surface area (Å²) in [7, 11) is 1.63. The first-order chi connectivity index (χ1) is 9.12. The lowest BCUT2D eigenvalue weighted by molar-refractivity contribution is -0.160. The lowest BCUT2D eigenvalue weighted by Crippen LogP contribution is -2.54. The molecular weight excluding hydrogens is 242 g/mol. The summed E-state index contributed by atoms with van der Waals surface area (Å²) in [5.41, 5.74) is 0.159. The van der Waals surface area contributed by atoms with Gasteiger partial charge in [0.1, 0.15) is 11.3 Å². The van der Waals surface area contributed by atoms with Gasteiger partial charge in [0.05, 0.1) is 13.7 Å². The summed E-state index contributed by atoms with van der Waals surface area (Å²) in [6.45, 7) is 5.29. The monoisotopic (exact) mass is 263 g/mol. The highest BCUT2D eigenvalue weighted by atomic mass is 16.5. The van der Waals surface area contributed by atoms with E-state index in [0.717, 1.165) is 17.7 Å². The van der Waals surface area contributed by atoms with Crippen LogP contribution in [0, 0.1) is 5.92 Å². The predicted molar refractivity (Wildman–Crippen MR) is 73.1 cm³/mol. The van der Waals surface area contributed by atoms with Gasteiger partial charge >= 0.3 is 5.97 Å². The molecule has 0 unspecified atom stereocenters. The van der Waals surface area contributed by atoms with Gasteiger partial charge in [-0.2, -0.15) is 0 Å². The van der Waals surface area contributed by atoms with Gasteiger partial charge in [0.2, 0.25) is 0 Å². The van der Waals surface area contributed by atoms with Crippen LogP contribution in [0.2, 0.25) is 0 Å². The molecule has 4 nitrogen and oxygen atoms in total. The van der Waals surface area contributed by atoms with Crippen molar-refractivity contribution in [3.63, 3.8) is 0 Å². The molecule has 0 amide bonds. The van der Waals surface area contributed by atoms with E-state index >= 15 is 0 Å². The molecule has 104 valence electrons. The predicted octanol–water partition coefficient (Wildman–Crippen LogP) is 2.08. The Labute approximate surface area is 114 Å². The second-order valence-corrected chi connectivity index (χ2v) is 5.08. The first-order valence-corrected chi connectivity index (χ1v) is 6.69. The molecular formula is C15H21NO3. The van der Waals surface area contributed by atoms with Crippen LogP contribution < -0.4 is 10.1 Å². The molecule has 1 heterocycles. The number of hydrogen-bond donors (Lipinski definition) is 1. The zero-order valence-electron chi connectivity index (χ0n) is 11.7. The zero-order valence-corrected chi connectivity index (χ0v) is 11.7. The van der Waals surface area contributed by atoms with Crippen LogP contribution >= 0.6 is 0 Å². The van der Waals surface area contributed by atoms with Crippen LogP contribution in [0.1, 0.15) is 25.8 Å². The topological polar surface area (TPSA) is 47.6 Å². The fourth-order valence-electron chi connectivity index (χ4n) is 2.68. The number of carbonyl (C=O) groups is 1. The Balaban J connectivity index is 2.44. The van der Waals surface area contributed by atoms with Gasteiger partial charge in [-0.1, -0.05) is 26.0 Å². The molecule has 1 N–H and O–H groups in total. The zero-order chi connectivity index (χ0) is 13.9.